The Morgan fingerprint density at radius 3 is 2.52 bits per heavy atom. The van der Waals surface area contributed by atoms with Crippen molar-refractivity contribution in [3.05, 3.63) is 41.7 Å². The van der Waals surface area contributed by atoms with Crippen LogP contribution >= 0.6 is 0 Å². The molecular formula is C16H20N2O3. The molecule has 0 aliphatic rings. The van der Waals surface area contributed by atoms with E-state index in [1.165, 1.54) is 4.90 Å². The van der Waals surface area contributed by atoms with Gasteiger partial charge in [-0.25, -0.2) is 0 Å². The maximum atomic E-state index is 12.6. The highest BCUT2D eigenvalue weighted by Gasteiger charge is 2.27. The van der Waals surface area contributed by atoms with Crippen LogP contribution in [-0.4, -0.2) is 40.3 Å². The highest BCUT2D eigenvalue weighted by atomic mass is 16.5. The Bertz CT molecular complexity index is 627. The summed E-state index contributed by atoms with van der Waals surface area (Å²) in [6, 6.07) is 9.43. The summed E-state index contributed by atoms with van der Waals surface area (Å²) >= 11 is 0. The molecule has 2 aromatic rings. The molecule has 0 saturated heterocycles. The second-order valence-corrected chi connectivity index (χ2v) is 5.80. The molecule has 1 aromatic carbocycles. The molecule has 0 bridgehead atoms. The normalized spacial score (nSPS) is 11.5. The summed E-state index contributed by atoms with van der Waals surface area (Å²) < 4.78 is 5.19. The summed E-state index contributed by atoms with van der Waals surface area (Å²) in [5.41, 5.74) is 0.838. The topological polar surface area (TPSA) is 66.6 Å². The predicted molar refractivity (Wildman–Crippen MR) is 79.9 cm³/mol. The average molecular weight is 288 g/mol. The number of hydrogen-bond donors (Lipinski definition) is 1. The lowest BCUT2D eigenvalue weighted by atomic mass is 10.0. The lowest BCUT2D eigenvalue weighted by Crippen LogP contribution is -2.39. The largest absolute Gasteiger partial charge is 0.389 e. The Morgan fingerprint density at radius 1 is 1.33 bits per heavy atom. The van der Waals surface area contributed by atoms with Gasteiger partial charge in [-0.3, -0.25) is 4.79 Å². The lowest BCUT2D eigenvalue weighted by Gasteiger charge is -2.25. The zero-order valence-corrected chi connectivity index (χ0v) is 12.8. The van der Waals surface area contributed by atoms with E-state index in [0.717, 1.165) is 5.56 Å². The minimum absolute atomic E-state index is 0.213. The standard InChI is InChI=1S/C16H20N2O3/c1-11-13(15(19)18(4)10-16(2,3)20)14(17-21-11)12-8-6-5-7-9-12/h5-9,20H,10H2,1-4H3. The fourth-order valence-electron chi connectivity index (χ4n) is 2.26. The zero-order chi connectivity index (χ0) is 15.6. The Labute approximate surface area is 124 Å². The molecule has 1 aromatic heterocycles. The highest BCUT2D eigenvalue weighted by Crippen LogP contribution is 2.26. The van der Waals surface area contributed by atoms with Gasteiger partial charge >= 0.3 is 0 Å². The van der Waals surface area contributed by atoms with E-state index in [-0.39, 0.29) is 12.5 Å². The van der Waals surface area contributed by atoms with Crippen molar-refractivity contribution < 1.29 is 14.4 Å². The molecular weight excluding hydrogens is 268 g/mol. The van der Waals surface area contributed by atoms with Crippen LogP contribution in [0.2, 0.25) is 0 Å². The number of carbonyl (C=O) groups excluding carboxylic acids is 1. The molecule has 0 unspecified atom stereocenters. The second-order valence-electron chi connectivity index (χ2n) is 5.80. The molecule has 5 heteroatoms. The predicted octanol–water partition coefficient (Wildman–Crippen LogP) is 2.49. The van der Waals surface area contributed by atoms with Gasteiger partial charge in [-0.15, -0.1) is 0 Å². The van der Waals surface area contributed by atoms with Crippen LogP contribution in [0.1, 0.15) is 30.0 Å². The molecule has 0 spiro atoms. The molecule has 21 heavy (non-hydrogen) atoms. The van der Waals surface area contributed by atoms with Crippen molar-refractivity contribution >= 4 is 5.91 Å². The molecule has 0 fully saturated rings. The van der Waals surface area contributed by atoms with E-state index in [4.69, 9.17) is 4.52 Å². The number of hydrogen-bond acceptors (Lipinski definition) is 4. The molecule has 1 amide bonds. The van der Waals surface area contributed by atoms with Crippen molar-refractivity contribution in [2.24, 2.45) is 0 Å². The number of benzene rings is 1. The number of rotatable bonds is 4. The molecule has 2 rings (SSSR count). The summed E-state index contributed by atoms with van der Waals surface area (Å²) in [5, 5.41) is 13.9. The molecule has 0 aliphatic carbocycles. The maximum absolute atomic E-state index is 12.6. The zero-order valence-electron chi connectivity index (χ0n) is 12.8. The van der Waals surface area contributed by atoms with Crippen molar-refractivity contribution in [1.29, 1.82) is 0 Å². The van der Waals surface area contributed by atoms with Gasteiger partial charge in [-0.1, -0.05) is 35.5 Å². The highest BCUT2D eigenvalue weighted by molar-refractivity contribution is 6.00. The van der Waals surface area contributed by atoms with Crippen LogP contribution in [-0.2, 0) is 0 Å². The summed E-state index contributed by atoms with van der Waals surface area (Å²) in [7, 11) is 1.65. The van der Waals surface area contributed by atoms with Gasteiger partial charge in [0.15, 0.2) is 0 Å². The first-order valence-corrected chi connectivity index (χ1v) is 6.79. The second kappa shape index (κ2) is 5.69. The van der Waals surface area contributed by atoms with E-state index in [2.05, 4.69) is 5.16 Å². The molecule has 0 aliphatic heterocycles. The molecule has 1 N–H and O–H groups in total. The smallest absolute Gasteiger partial charge is 0.259 e. The number of aryl methyl sites for hydroxylation is 1. The van der Waals surface area contributed by atoms with Crippen molar-refractivity contribution in [2.75, 3.05) is 13.6 Å². The summed E-state index contributed by atoms with van der Waals surface area (Å²) in [4.78, 5) is 14.1. The number of nitrogens with zero attached hydrogens (tertiary/aromatic N) is 2. The molecule has 0 atom stereocenters. The van der Waals surface area contributed by atoms with Gasteiger partial charge in [-0.05, 0) is 20.8 Å². The number of likely N-dealkylation sites (N-methyl/N-ethyl adjacent to an activating group) is 1. The number of amides is 1. The SMILES string of the molecule is Cc1onc(-c2ccccc2)c1C(=O)N(C)CC(C)(C)O. The fraction of sp³-hybridized carbons (Fsp3) is 0.375. The maximum Gasteiger partial charge on any atom is 0.259 e. The molecule has 0 radical (unpaired) electrons. The van der Waals surface area contributed by atoms with Gasteiger partial charge in [0.05, 0.1) is 5.60 Å². The first-order chi connectivity index (χ1) is 9.79. The van der Waals surface area contributed by atoms with Gasteiger partial charge in [0, 0.05) is 19.2 Å². The molecule has 5 nitrogen and oxygen atoms in total. The minimum atomic E-state index is -0.956. The van der Waals surface area contributed by atoms with E-state index >= 15 is 0 Å². The van der Waals surface area contributed by atoms with Crippen LogP contribution in [0.15, 0.2) is 34.9 Å². The van der Waals surface area contributed by atoms with Gasteiger partial charge in [0.25, 0.3) is 5.91 Å². The van der Waals surface area contributed by atoms with Gasteiger partial charge in [0.2, 0.25) is 0 Å². The van der Waals surface area contributed by atoms with Gasteiger partial charge in [-0.2, -0.15) is 0 Å². The van der Waals surface area contributed by atoms with Crippen molar-refractivity contribution in [3.63, 3.8) is 0 Å². The van der Waals surface area contributed by atoms with Crippen molar-refractivity contribution in [3.8, 4) is 11.3 Å². The minimum Gasteiger partial charge on any atom is -0.389 e. The molecule has 112 valence electrons. The van der Waals surface area contributed by atoms with E-state index < -0.39 is 5.60 Å². The molecule has 1 heterocycles. The van der Waals surface area contributed by atoms with E-state index in [1.807, 2.05) is 30.3 Å². The summed E-state index contributed by atoms with van der Waals surface area (Å²) in [6.07, 6.45) is 0. The Balaban J connectivity index is 2.36. The van der Waals surface area contributed by atoms with Crippen LogP contribution < -0.4 is 0 Å². The first-order valence-electron chi connectivity index (χ1n) is 6.79. The van der Waals surface area contributed by atoms with E-state index in [1.54, 1.807) is 27.8 Å². The average Bonchev–Trinajstić information content (AvgIpc) is 2.79. The number of carbonyl (C=O) groups is 1. The van der Waals surface area contributed by atoms with Crippen molar-refractivity contribution in [1.82, 2.24) is 10.1 Å². The lowest BCUT2D eigenvalue weighted by molar-refractivity contribution is 0.0367. The van der Waals surface area contributed by atoms with Crippen LogP contribution in [0, 0.1) is 6.92 Å². The van der Waals surface area contributed by atoms with Crippen LogP contribution in [0.25, 0.3) is 11.3 Å². The molecule has 0 saturated carbocycles. The monoisotopic (exact) mass is 288 g/mol. The van der Waals surface area contributed by atoms with Gasteiger partial charge in [0.1, 0.15) is 17.0 Å². The Hall–Kier alpha value is -2.14. The van der Waals surface area contributed by atoms with Crippen LogP contribution in [0.5, 0.6) is 0 Å². The third-order valence-electron chi connectivity index (χ3n) is 3.09. The first kappa shape index (κ1) is 15.3. The number of aliphatic hydroxyl groups is 1. The summed E-state index contributed by atoms with van der Waals surface area (Å²) in [5.74, 6) is 0.260. The summed E-state index contributed by atoms with van der Waals surface area (Å²) in [6.45, 7) is 5.26. The Kier molecular flexibility index (Phi) is 4.14. The van der Waals surface area contributed by atoms with E-state index in [0.29, 0.717) is 17.0 Å². The van der Waals surface area contributed by atoms with Crippen LogP contribution in [0.3, 0.4) is 0 Å². The van der Waals surface area contributed by atoms with Gasteiger partial charge < -0.3 is 14.5 Å². The third-order valence-corrected chi connectivity index (χ3v) is 3.09. The van der Waals surface area contributed by atoms with Crippen LogP contribution in [0.4, 0.5) is 0 Å². The van der Waals surface area contributed by atoms with Crippen molar-refractivity contribution in [2.45, 2.75) is 26.4 Å². The Morgan fingerprint density at radius 2 is 1.95 bits per heavy atom. The fourth-order valence-corrected chi connectivity index (χ4v) is 2.26. The van der Waals surface area contributed by atoms with E-state index in [9.17, 15) is 9.90 Å². The third kappa shape index (κ3) is 3.49. The number of aromatic nitrogens is 1. The quantitative estimate of drug-likeness (QED) is 0.938.